The van der Waals surface area contributed by atoms with Gasteiger partial charge in [0.25, 0.3) is 11.5 Å². The van der Waals surface area contributed by atoms with Gasteiger partial charge in [0, 0.05) is 5.69 Å². The van der Waals surface area contributed by atoms with Crippen molar-refractivity contribution in [3.63, 3.8) is 0 Å². The number of carbonyl (C=O) groups excluding carboxylic acids is 1. The first kappa shape index (κ1) is 17.1. The molecule has 0 saturated carbocycles. The van der Waals surface area contributed by atoms with Crippen LogP contribution < -0.4 is 20.3 Å². The van der Waals surface area contributed by atoms with Gasteiger partial charge in [-0.2, -0.15) is 0 Å². The van der Waals surface area contributed by atoms with Crippen molar-refractivity contribution in [2.75, 3.05) is 20.3 Å². The fraction of sp³-hybridized carbons (Fsp3) is 0.368. The van der Waals surface area contributed by atoms with E-state index >= 15 is 0 Å². The summed E-state index contributed by atoms with van der Waals surface area (Å²) in [4.78, 5) is 27.2. The standard InChI is InChI=1S/C19H22N2O4/c1-24-16-8-4-5-9-17(16)25-11-10-20-18(22)14-12-13-6-2-3-7-15(13)21-19(14)23/h4-5,8-9,12H,2-3,6-7,10-11H2,1H3,(H,20,22)(H,21,23). The first-order chi connectivity index (χ1) is 12.2. The third-order valence-corrected chi connectivity index (χ3v) is 4.30. The number of ether oxygens (including phenoxy) is 2. The second-order valence-corrected chi connectivity index (χ2v) is 5.98. The summed E-state index contributed by atoms with van der Waals surface area (Å²) in [6, 6.07) is 9.04. The minimum atomic E-state index is -0.377. The monoisotopic (exact) mass is 342 g/mol. The number of fused-ring (bicyclic) bond motifs is 1. The lowest BCUT2D eigenvalue weighted by molar-refractivity contribution is 0.0945. The van der Waals surface area contributed by atoms with E-state index in [-0.39, 0.29) is 23.6 Å². The van der Waals surface area contributed by atoms with Crippen molar-refractivity contribution in [1.29, 1.82) is 0 Å². The molecular formula is C19H22N2O4. The Morgan fingerprint density at radius 3 is 2.76 bits per heavy atom. The van der Waals surface area contributed by atoms with Crippen LogP contribution in [0.15, 0.2) is 35.1 Å². The lowest BCUT2D eigenvalue weighted by Gasteiger charge is -2.16. The molecule has 6 nitrogen and oxygen atoms in total. The second kappa shape index (κ2) is 7.88. The van der Waals surface area contributed by atoms with Gasteiger partial charge in [-0.1, -0.05) is 12.1 Å². The summed E-state index contributed by atoms with van der Waals surface area (Å²) in [7, 11) is 1.58. The van der Waals surface area contributed by atoms with Crippen LogP contribution in [0.3, 0.4) is 0 Å². The zero-order valence-corrected chi connectivity index (χ0v) is 14.3. The molecule has 6 heteroatoms. The van der Waals surface area contributed by atoms with Gasteiger partial charge in [0.2, 0.25) is 0 Å². The number of benzene rings is 1. The molecule has 0 spiro atoms. The van der Waals surface area contributed by atoms with Crippen LogP contribution in [0.4, 0.5) is 0 Å². The number of aromatic nitrogens is 1. The smallest absolute Gasteiger partial charge is 0.261 e. The normalized spacial score (nSPS) is 13.0. The average molecular weight is 342 g/mol. The van der Waals surface area contributed by atoms with Crippen molar-refractivity contribution >= 4 is 5.91 Å². The molecule has 0 unspecified atom stereocenters. The number of hydrogen-bond acceptors (Lipinski definition) is 4. The summed E-state index contributed by atoms with van der Waals surface area (Å²) in [6.45, 7) is 0.586. The fourth-order valence-electron chi connectivity index (χ4n) is 3.00. The molecule has 0 saturated heterocycles. The molecule has 2 aromatic rings. The summed E-state index contributed by atoms with van der Waals surface area (Å²) in [5.41, 5.74) is 1.87. The Morgan fingerprint density at radius 1 is 1.20 bits per heavy atom. The minimum absolute atomic E-state index is 0.165. The van der Waals surface area contributed by atoms with Crippen LogP contribution in [0, 0.1) is 0 Å². The molecule has 0 fully saturated rings. The number of methoxy groups -OCH3 is 1. The molecule has 2 N–H and O–H groups in total. The Labute approximate surface area is 146 Å². The maximum atomic E-state index is 12.3. The number of H-pyrrole nitrogens is 1. The van der Waals surface area contributed by atoms with Crippen molar-refractivity contribution in [1.82, 2.24) is 10.3 Å². The summed E-state index contributed by atoms with van der Waals surface area (Å²) >= 11 is 0. The Kier molecular flexibility index (Phi) is 5.38. The van der Waals surface area contributed by atoms with E-state index in [4.69, 9.17) is 9.47 Å². The highest BCUT2D eigenvalue weighted by Crippen LogP contribution is 2.25. The number of carbonyl (C=O) groups is 1. The fourth-order valence-corrected chi connectivity index (χ4v) is 3.00. The molecule has 1 aliphatic rings. The van der Waals surface area contributed by atoms with Crippen LogP contribution in [-0.4, -0.2) is 31.2 Å². The number of pyridine rings is 1. The molecule has 3 rings (SSSR count). The van der Waals surface area contributed by atoms with Crippen molar-refractivity contribution in [2.24, 2.45) is 0 Å². The largest absolute Gasteiger partial charge is 0.493 e. The van der Waals surface area contributed by atoms with Crippen LogP contribution >= 0.6 is 0 Å². The molecule has 0 atom stereocenters. The SMILES string of the molecule is COc1ccccc1OCCNC(=O)c1cc2c([nH]c1=O)CCCC2. The van der Waals surface area contributed by atoms with Gasteiger partial charge in [-0.25, -0.2) is 0 Å². The molecular weight excluding hydrogens is 320 g/mol. The first-order valence-electron chi connectivity index (χ1n) is 8.48. The molecule has 1 aromatic heterocycles. The van der Waals surface area contributed by atoms with E-state index in [1.165, 1.54) is 0 Å². The highest BCUT2D eigenvalue weighted by atomic mass is 16.5. The molecule has 1 aromatic carbocycles. The highest BCUT2D eigenvalue weighted by Gasteiger charge is 2.16. The van der Waals surface area contributed by atoms with Gasteiger partial charge in [0.15, 0.2) is 11.5 Å². The van der Waals surface area contributed by atoms with E-state index in [9.17, 15) is 9.59 Å². The van der Waals surface area contributed by atoms with Gasteiger partial charge in [-0.05, 0) is 49.4 Å². The first-order valence-corrected chi connectivity index (χ1v) is 8.48. The predicted octanol–water partition coefficient (Wildman–Crippen LogP) is 2.07. The summed E-state index contributed by atoms with van der Waals surface area (Å²) < 4.78 is 10.8. The Morgan fingerprint density at radius 2 is 1.96 bits per heavy atom. The van der Waals surface area contributed by atoms with Gasteiger partial charge in [-0.15, -0.1) is 0 Å². The number of aryl methyl sites for hydroxylation is 2. The third-order valence-electron chi connectivity index (χ3n) is 4.30. The van der Waals surface area contributed by atoms with E-state index < -0.39 is 0 Å². The van der Waals surface area contributed by atoms with Crippen molar-refractivity contribution < 1.29 is 14.3 Å². The summed E-state index contributed by atoms with van der Waals surface area (Å²) in [6.07, 6.45) is 3.95. The lowest BCUT2D eigenvalue weighted by atomic mass is 9.95. The van der Waals surface area contributed by atoms with Gasteiger partial charge >= 0.3 is 0 Å². The van der Waals surface area contributed by atoms with Crippen molar-refractivity contribution in [2.45, 2.75) is 25.7 Å². The van der Waals surface area contributed by atoms with E-state index in [1.807, 2.05) is 12.1 Å². The maximum absolute atomic E-state index is 12.3. The van der Waals surface area contributed by atoms with E-state index in [0.717, 1.165) is 36.9 Å². The molecule has 25 heavy (non-hydrogen) atoms. The predicted molar refractivity (Wildman–Crippen MR) is 94.5 cm³/mol. The van der Waals surface area contributed by atoms with Crippen LogP contribution in [0.2, 0.25) is 0 Å². The number of nitrogens with one attached hydrogen (secondary N) is 2. The Bertz CT molecular complexity index is 813. The van der Waals surface area contributed by atoms with Gasteiger partial charge in [0.05, 0.1) is 13.7 Å². The topological polar surface area (TPSA) is 80.4 Å². The van der Waals surface area contributed by atoms with E-state index in [2.05, 4.69) is 10.3 Å². The van der Waals surface area contributed by atoms with Crippen LogP contribution in [0.5, 0.6) is 11.5 Å². The number of aromatic amines is 1. The van der Waals surface area contributed by atoms with Crippen molar-refractivity contribution in [3.05, 3.63) is 57.5 Å². The Balaban J connectivity index is 1.57. The van der Waals surface area contributed by atoms with Crippen LogP contribution in [-0.2, 0) is 12.8 Å². The third kappa shape index (κ3) is 4.02. The molecule has 0 bridgehead atoms. The van der Waals surface area contributed by atoms with E-state index in [0.29, 0.717) is 18.0 Å². The quantitative estimate of drug-likeness (QED) is 0.788. The van der Waals surface area contributed by atoms with Crippen LogP contribution in [0.1, 0.15) is 34.5 Å². The summed E-state index contributed by atoms with van der Waals surface area (Å²) in [5.74, 6) is 0.879. The average Bonchev–Trinajstić information content (AvgIpc) is 2.64. The number of amides is 1. The number of rotatable bonds is 6. The molecule has 132 valence electrons. The van der Waals surface area contributed by atoms with Gasteiger partial charge < -0.3 is 19.8 Å². The highest BCUT2D eigenvalue weighted by molar-refractivity contribution is 5.94. The number of para-hydroxylation sites is 2. The second-order valence-electron chi connectivity index (χ2n) is 5.98. The lowest BCUT2D eigenvalue weighted by Crippen LogP contribution is -2.33. The zero-order chi connectivity index (χ0) is 17.6. The van der Waals surface area contributed by atoms with Crippen molar-refractivity contribution in [3.8, 4) is 11.5 Å². The molecule has 1 heterocycles. The molecule has 1 aliphatic carbocycles. The Hall–Kier alpha value is -2.76. The molecule has 0 aliphatic heterocycles. The summed E-state index contributed by atoms with van der Waals surface area (Å²) in [5, 5.41) is 2.73. The minimum Gasteiger partial charge on any atom is -0.493 e. The van der Waals surface area contributed by atoms with E-state index in [1.54, 1.807) is 25.3 Å². The molecule has 0 radical (unpaired) electrons. The van der Waals surface area contributed by atoms with Crippen LogP contribution in [0.25, 0.3) is 0 Å². The molecule has 1 amide bonds. The van der Waals surface area contributed by atoms with Gasteiger partial charge in [-0.3, -0.25) is 9.59 Å². The zero-order valence-electron chi connectivity index (χ0n) is 14.3. The van der Waals surface area contributed by atoms with Gasteiger partial charge in [0.1, 0.15) is 12.2 Å². The number of hydrogen-bond donors (Lipinski definition) is 2. The maximum Gasteiger partial charge on any atom is 0.261 e.